The fourth-order valence-electron chi connectivity index (χ4n) is 1.97. The lowest BCUT2D eigenvalue weighted by molar-refractivity contribution is 0.0987. The Morgan fingerprint density at radius 1 is 1.24 bits per heavy atom. The fourth-order valence-corrected chi connectivity index (χ4v) is 2.24. The molecule has 1 amide bonds. The van der Waals surface area contributed by atoms with Gasteiger partial charge in [0.2, 0.25) is 0 Å². The van der Waals surface area contributed by atoms with Gasteiger partial charge in [-0.2, -0.15) is 5.26 Å². The summed E-state index contributed by atoms with van der Waals surface area (Å²) < 4.78 is 0. The van der Waals surface area contributed by atoms with Crippen LogP contribution in [0.5, 0.6) is 0 Å². The third-order valence-electron chi connectivity index (χ3n) is 2.98. The molecule has 0 spiro atoms. The van der Waals surface area contributed by atoms with Crippen molar-refractivity contribution in [1.82, 2.24) is 0 Å². The zero-order chi connectivity index (χ0) is 15.2. The summed E-state index contributed by atoms with van der Waals surface area (Å²) in [6, 6.07) is 16.0. The van der Waals surface area contributed by atoms with Crippen molar-refractivity contribution in [1.29, 1.82) is 5.26 Å². The van der Waals surface area contributed by atoms with E-state index in [-0.39, 0.29) is 12.3 Å². The van der Waals surface area contributed by atoms with Gasteiger partial charge in [-0.15, -0.1) is 0 Å². The molecule has 0 saturated carbocycles. The number of carbonyl (C=O) groups excluding carboxylic acids is 1. The monoisotopic (exact) mass is 299 g/mol. The van der Waals surface area contributed by atoms with Crippen LogP contribution in [0.3, 0.4) is 0 Å². The van der Waals surface area contributed by atoms with Gasteiger partial charge in [-0.05, 0) is 30.3 Å². The first-order chi connectivity index (χ1) is 10.1. The Morgan fingerprint density at radius 3 is 2.57 bits per heavy atom. The molecule has 2 N–H and O–H groups in total. The Bertz CT molecular complexity index is 680. The van der Waals surface area contributed by atoms with Crippen molar-refractivity contribution in [2.75, 3.05) is 17.2 Å². The molecule has 0 atom stereocenters. The third kappa shape index (κ3) is 3.53. The van der Waals surface area contributed by atoms with Crippen molar-refractivity contribution >= 4 is 28.9 Å². The zero-order valence-electron chi connectivity index (χ0n) is 11.3. The molecule has 5 heteroatoms. The van der Waals surface area contributed by atoms with Crippen molar-refractivity contribution in [3.63, 3.8) is 0 Å². The van der Waals surface area contributed by atoms with Crippen LogP contribution in [0.2, 0.25) is 5.02 Å². The Labute approximate surface area is 128 Å². The van der Waals surface area contributed by atoms with Gasteiger partial charge in [-0.25, -0.2) is 0 Å². The zero-order valence-corrected chi connectivity index (χ0v) is 12.0. The van der Waals surface area contributed by atoms with Crippen molar-refractivity contribution in [2.45, 2.75) is 6.42 Å². The maximum Gasteiger partial charge on any atom is 0.259 e. The van der Waals surface area contributed by atoms with Gasteiger partial charge in [0.15, 0.2) is 0 Å². The van der Waals surface area contributed by atoms with Crippen LogP contribution >= 0.6 is 11.6 Å². The summed E-state index contributed by atoms with van der Waals surface area (Å²) in [5, 5.41) is 9.08. The molecule has 0 aliphatic carbocycles. The van der Waals surface area contributed by atoms with E-state index in [1.54, 1.807) is 23.1 Å². The van der Waals surface area contributed by atoms with E-state index in [0.717, 1.165) is 5.69 Å². The van der Waals surface area contributed by atoms with Crippen LogP contribution < -0.4 is 10.6 Å². The maximum absolute atomic E-state index is 12.7. The molecule has 21 heavy (non-hydrogen) atoms. The predicted octanol–water partition coefficient (Wildman–Crippen LogP) is 3.48. The van der Waals surface area contributed by atoms with E-state index < -0.39 is 0 Å². The molecule has 0 aliphatic heterocycles. The largest absolute Gasteiger partial charge is 0.399 e. The van der Waals surface area contributed by atoms with Gasteiger partial charge in [-0.1, -0.05) is 29.8 Å². The van der Waals surface area contributed by atoms with Crippen LogP contribution in [-0.4, -0.2) is 12.5 Å². The smallest absolute Gasteiger partial charge is 0.259 e. The number of nitriles is 1. The van der Waals surface area contributed by atoms with Crippen LogP contribution in [0.4, 0.5) is 11.4 Å². The lowest BCUT2D eigenvalue weighted by Gasteiger charge is -2.22. The van der Waals surface area contributed by atoms with Gasteiger partial charge in [0.25, 0.3) is 5.91 Å². The second-order valence-corrected chi connectivity index (χ2v) is 4.85. The minimum Gasteiger partial charge on any atom is -0.399 e. The number of nitrogens with two attached hydrogens (primary N) is 1. The highest BCUT2D eigenvalue weighted by Crippen LogP contribution is 2.24. The highest BCUT2D eigenvalue weighted by atomic mass is 35.5. The van der Waals surface area contributed by atoms with Crippen LogP contribution in [0.15, 0.2) is 48.5 Å². The molecule has 0 unspecified atom stereocenters. The Balaban J connectivity index is 2.37. The third-order valence-corrected chi connectivity index (χ3v) is 3.30. The molecule has 0 aromatic heterocycles. The molecule has 2 rings (SSSR count). The molecule has 2 aromatic carbocycles. The van der Waals surface area contributed by atoms with Crippen LogP contribution in [0.1, 0.15) is 16.8 Å². The van der Waals surface area contributed by atoms with Crippen molar-refractivity contribution in [3.05, 3.63) is 59.1 Å². The van der Waals surface area contributed by atoms with Crippen molar-refractivity contribution in [2.24, 2.45) is 0 Å². The number of hydrogen-bond donors (Lipinski definition) is 1. The topological polar surface area (TPSA) is 70.1 Å². The molecular weight excluding hydrogens is 286 g/mol. The summed E-state index contributed by atoms with van der Waals surface area (Å²) in [7, 11) is 0. The SMILES string of the molecule is N#CCCN(C(=O)c1ccc(N)cc1Cl)c1ccccc1. The molecule has 106 valence electrons. The van der Waals surface area contributed by atoms with Crippen LogP contribution in [0, 0.1) is 11.3 Å². The lowest BCUT2D eigenvalue weighted by Crippen LogP contribution is -2.32. The highest BCUT2D eigenvalue weighted by molar-refractivity contribution is 6.34. The first kappa shape index (κ1) is 14.9. The number of nitrogens with zero attached hydrogens (tertiary/aromatic N) is 2. The number of halogens is 1. The lowest BCUT2D eigenvalue weighted by atomic mass is 10.1. The van der Waals surface area contributed by atoms with Gasteiger partial charge in [0.1, 0.15) is 0 Å². The number of hydrogen-bond acceptors (Lipinski definition) is 3. The van der Waals surface area contributed by atoms with E-state index in [0.29, 0.717) is 22.8 Å². The van der Waals surface area contributed by atoms with Gasteiger partial charge in [0, 0.05) is 17.9 Å². The minimum atomic E-state index is -0.249. The second-order valence-electron chi connectivity index (χ2n) is 4.44. The first-order valence-corrected chi connectivity index (χ1v) is 6.80. The molecule has 0 saturated heterocycles. The van der Waals surface area contributed by atoms with Gasteiger partial charge in [-0.3, -0.25) is 4.79 Å². The molecule has 2 aromatic rings. The predicted molar refractivity (Wildman–Crippen MR) is 84.2 cm³/mol. The Hall–Kier alpha value is -2.51. The van der Waals surface area contributed by atoms with E-state index >= 15 is 0 Å². The summed E-state index contributed by atoms with van der Waals surface area (Å²) in [5.74, 6) is -0.249. The second kappa shape index (κ2) is 6.78. The van der Waals surface area contributed by atoms with Gasteiger partial charge in [0.05, 0.1) is 23.1 Å². The number of para-hydroxylation sites is 1. The van der Waals surface area contributed by atoms with E-state index in [1.165, 1.54) is 0 Å². The van der Waals surface area contributed by atoms with Crippen molar-refractivity contribution in [3.8, 4) is 6.07 Å². The number of rotatable bonds is 4. The quantitative estimate of drug-likeness (QED) is 0.879. The van der Waals surface area contributed by atoms with Gasteiger partial charge >= 0.3 is 0 Å². The summed E-state index contributed by atoms with van der Waals surface area (Å²) >= 11 is 6.10. The first-order valence-electron chi connectivity index (χ1n) is 6.42. The number of nitrogen functional groups attached to an aromatic ring is 1. The number of anilines is 2. The maximum atomic E-state index is 12.7. The number of amides is 1. The Morgan fingerprint density at radius 2 is 1.95 bits per heavy atom. The highest BCUT2D eigenvalue weighted by Gasteiger charge is 2.19. The van der Waals surface area contributed by atoms with Gasteiger partial charge < -0.3 is 10.6 Å². The molecule has 0 radical (unpaired) electrons. The molecule has 4 nitrogen and oxygen atoms in total. The van der Waals surface area contributed by atoms with E-state index in [9.17, 15) is 4.79 Å². The minimum absolute atomic E-state index is 0.243. The normalized spacial score (nSPS) is 9.90. The summed E-state index contributed by atoms with van der Waals surface area (Å²) in [6.45, 7) is 0.306. The molecule has 0 heterocycles. The summed E-state index contributed by atoms with van der Waals surface area (Å²) in [4.78, 5) is 14.2. The number of carbonyl (C=O) groups is 1. The average Bonchev–Trinajstić information content (AvgIpc) is 2.48. The molecule has 0 bridgehead atoms. The summed E-state index contributed by atoms with van der Waals surface area (Å²) in [5.41, 5.74) is 7.24. The van der Waals surface area contributed by atoms with Crippen LogP contribution in [-0.2, 0) is 0 Å². The summed E-state index contributed by atoms with van der Waals surface area (Å²) in [6.07, 6.45) is 0.243. The Kier molecular flexibility index (Phi) is 4.81. The molecule has 0 aliphatic rings. The molecular formula is C16H14ClN3O. The average molecular weight is 300 g/mol. The fraction of sp³-hybridized carbons (Fsp3) is 0.125. The van der Waals surface area contributed by atoms with Crippen molar-refractivity contribution < 1.29 is 4.79 Å². The molecule has 0 fully saturated rings. The van der Waals surface area contributed by atoms with E-state index in [2.05, 4.69) is 6.07 Å². The standard InChI is InChI=1S/C16H14ClN3O/c17-15-11-12(19)7-8-14(15)16(21)20(10-4-9-18)13-5-2-1-3-6-13/h1-3,5-8,11H,4,10,19H2. The van der Waals surface area contributed by atoms with Crippen LogP contribution in [0.25, 0.3) is 0 Å². The number of benzene rings is 2. The van der Waals surface area contributed by atoms with E-state index in [4.69, 9.17) is 22.6 Å². The van der Waals surface area contributed by atoms with E-state index in [1.807, 2.05) is 30.3 Å².